The fourth-order valence-electron chi connectivity index (χ4n) is 1.34. The van der Waals surface area contributed by atoms with E-state index in [0.717, 1.165) is 12.7 Å². The van der Waals surface area contributed by atoms with E-state index in [-0.39, 0.29) is 0 Å². The lowest BCUT2D eigenvalue weighted by molar-refractivity contribution is 0.112. The molecule has 0 radical (unpaired) electrons. The van der Waals surface area contributed by atoms with E-state index in [1.807, 2.05) is 6.92 Å². The molecule has 0 aromatic heterocycles. The molecule has 1 aromatic rings. The molecule has 0 bridgehead atoms. The highest BCUT2D eigenvalue weighted by Gasteiger charge is 2.05. The Morgan fingerprint density at radius 1 is 1.35 bits per heavy atom. The molecule has 0 unspecified atom stereocenters. The van der Waals surface area contributed by atoms with Crippen molar-refractivity contribution in [1.82, 2.24) is 0 Å². The molecule has 0 aliphatic heterocycles. The second-order valence-corrected chi connectivity index (χ2v) is 3.41. The van der Waals surface area contributed by atoms with Crippen molar-refractivity contribution in [3.05, 3.63) is 23.8 Å². The lowest BCUT2D eigenvalue weighted by atomic mass is 10.2. The molecular weight excluding hydrogens is 216 g/mol. The van der Waals surface area contributed by atoms with Crippen molar-refractivity contribution < 1.29 is 14.3 Å². The van der Waals surface area contributed by atoms with E-state index >= 15 is 0 Å². The normalized spacial score (nSPS) is 9.41. The summed E-state index contributed by atoms with van der Waals surface area (Å²) in [7, 11) is 0. The Hall–Kier alpha value is -1.95. The summed E-state index contributed by atoms with van der Waals surface area (Å²) in [6, 6.07) is 5.11. The third-order valence-corrected chi connectivity index (χ3v) is 2.13. The van der Waals surface area contributed by atoms with Crippen LogP contribution in [-0.4, -0.2) is 19.5 Å². The molecular formula is C14H16O3. The highest BCUT2D eigenvalue weighted by Crippen LogP contribution is 2.28. The van der Waals surface area contributed by atoms with Gasteiger partial charge in [-0.25, -0.2) is 0 Å². The van der Waals surface area contributed by atoms with Crippen LogP contribution in [0.4, 0.5) is 0 Å². The van der Waals surface area contributed by atoms with Crippen LogP contribution in [0.3, 0.4) is 0 Å². The molecule has 0 heterocycles. The van der Waals surface area contributed by atoms with E-state index in [2.05, 4.69) is 5.92 Å². The number of rotatable bonds is 7. The molecule has 17 heavy (non-hydrogen) atoms. The van der Waals surface area contributed by atoms with E-state index in [1.54, 1.807) is 18.2 Å². The van der Waals surface area contributed by atoms with Gasteiger partial charge in [0.05, 0.1) is 13.2 Å². The van der Waals surface area contributed by atoms with Crippen molar-refractivity contribution in [2.24, 2.45) is 0 Å². The lowest BCUT2D eigenvalue weighted by Gasteiger charge is -2.11. The summed E-state index contributed by atoms with van der Waals surface area (Å²) >= 11 is 0. The van der Waals surface area contributed by atoms with Crippen LogP contribution < -0.4 is 9.47 Å². The van der Waals surface area contributed by atoms with Gasteiger partial charge in [-0.3, -0.25) is 4.79 Å². The number of hydrogen-bond acceptors (Lipinski definition) is 3. The predicted octanol–water partition coefficient (Wildman–Crippen LogP) is 2.69. The van der Waals surface area contributed by atoms with Crippen molar-refractivity contribution in [3.8, 4) is 23.8 Å². The van der Waals surface area contributed by atoms with Crippen LogP contribution in [0.1, 0.15) is 30.1 Å². The first-order chi connectivity index (χ1) is 8.31. The van der Waals surface area contributed by atoms with E-state index in [9.17, 15) is 4.79 Å². The van der Waals surface area contributed by atoms with E-state index in [1.165, 1.54) is 0 Å². The van der Waals surface area contributed by atoms with Crippen molar-refractivity contribution in [1.29, 1.82) is 0 Å². The summed E-state index contributed by atoms with van der Waals surface area (Å²) in [4.78, 5) is 10.7. The highest BCUT2D eigenvalue weighted by atomic mass is 16.5. The van der Waals surface area contributed by atoms with Gasteiger partial charge in [-0.1, -0.05) is 0 Å². The SMILES string of the molecule is C#CCCCOc1ccc(C=O)cc1OCC. The number of hydrogen-bond donors (Lipinski definition) is 0. The number of ether oxygens (including phenoxy) is 2. The van der Waals surface area contributed by atoms with Crippen molar-refractivity contribution in [2.45, 2.75) is 19.8 Å². The quantitative estimate of drug-likeness (QED) is 0.412. The number of terminal acetylenes is 1. The monoisotopic (exact) mass is 232 g/mol. The minimum atomic E-state index is 0.531. The standard InChI is InChI=1S/C14H16O3/c1-3-5-6-9-17-13-8-7-12(11-15)10-14(13)16-4-2/h1,7-8,10-11H,4-6,9H2,2H3. The maximum absolute atomic E-state index is 10.7. The van der Waals surface area contributed by atoms with Gasteiger partial charge in [0.15, 0.2) is 11.5 Å². The van der Waals surface area contributed by atoms with Gasteiger partial charge in [-0.15, -0.1) is 12.3 Å². The van der Waals surface area contributed by atoms with Crippen molar-refractivity contribution in [3.63, 3.8) is 0 Å². The van der Waals surface area contributed by atoms with Gasteiger partial charge in [0.1, 0.15) is 6.29 Å². The third-order valence-electron chi connectivity index (χ3n) is 2.13. The average Bonchev–Trinajstić information content (AvgIpc) is 2.36. The Kier molecular flexibility index (Phi) is 5.67. The van der Waals surface area contributed by atoms with Crippen molar-refractivity contribution in [2.75, 3.05) is 13.2 Å². The molecule has 0 aliphatic carbocycles. The fourth-order valence-corrected chi connectivity index (χ4v) is 1.34. The Bertz CT molecular complexity index is 404. The number of unbranched alkanes of at least 4 members (excludes halogenated alkanes) is 1. The first kappa shape index (κ1) is 13.1. The minimum Gasteiger partial charge on any atom is -0.490 e. The molecule has 0 aliphatic rings. The van der Waals surface area contributed by atoms with Crippen LogP contribution in [0.15, 0.2) is 18.2 Å². The molecule has 0 saturated carbocycles. The Balaban J connectivity index is 2.69. The predicted molar refractivity (Wildman–Crippen MR) is 66.6 cm³/mol. The summed E-state index contributed by atoms with van der Waals surface area (Å²) in [5, 5.41) is 0. The lowest BCUT2D eigenvalue weighted by Crippen LogP contribution is -2.01. The number of aldehydes is 1. The second kappa shape index (κ2) is 7.34. The molecule has 0 saturated heterocycles. The van der Waals surface area contributed by atoms with Gasteiger partial charge >= 0.3 is 0 Å². The van der Waals surface area contributed by atoms with Crippen LogP contribution in [0.2, 0.25) is 0 Å². The fraction of sp³-hybridized carbons (Fsp3) is 0.357. The Morgan fingerprint density at radius 2 is 2.18 bits per heavy atom. The molecule has 0 amide bonds. The topological polar surface area (TPSA) is 35.5 Å². The number of carbonyl (C=O) groups excluding carboxylic acids is 1. The molecule has 90 valence electrons. The van der Waals surface area contributed by atoms with E-state index in [0.29, 0.717) is 36.7 Å². The molecule has 0 spiro atoms. The summed E-state index contributed by atoms with van der Waals surface area (Å²) in [5.41, 5.74) is 0.574. The average molecular weight is 232 g/mol. The Morgan fingerprint density at radius 3 is 2.82 bits per heavy atom. The molecule has 0 fully saturated rings. The maximum Gasteiger partial charge on any atom is 0.161 e. The maximum atomic E-state index is 10.7. The molecule has 3 nitrogen and oxygen atoms in total. The second-order valence-electron chi connectivity index (χ2n) is 3.41. The van der Waals surface area contributed by atoms with Crippen LogP contribution in [0, 0.1) is 12.3 Å². The molecule has 1 rings (SSSR count). The van der Waals surface area contributed by atoms with Gasteiger partial charge in [0.25, 0.3) is 0 Å². The smallest absolute Gasteiger partial charge is 0.161 e. The Labute approximate surface area is 102 Å². The van der Waals surface area contributed by atoms with Gasteiger partial charge < -0.3 is 9.47 Å². The van der Waals surface area contributed by atoms with Crippen LogP contribution in [-0.2, 0) is 0 Å². The zero-order valence-corrected chi connectivity index (χ0v) is 9.94. The minimum absolute atomic E-state index is 0.531. The van der Waals surface area contributed by atoms with Gasteiger partial charge in [0.2, 0.25) is 0 Å². The number of benzene rings is 1. The summed E-state index contributed by atoms with van der Waals surface area (Å²) < 4.78 is 11.0. The van der Waals surface area contributed by atoms with Gasteiger partial charge in [-0.05, 0) is 31.5 Å². The van der Waals surface area contributed by atoms with E-state index < -0.39 is 0 Å². The van der Waals surface area contributed by atoms with Crippen LogP contribution in [0.5, 0.6) is 11.5 Å². The molecule has 3 heteroatoms. The van der Waals surface area contributed by atoms with Crippen LogP contribution >= 0.6 is 0 Å². The first-order valence-electron chi connectivity index (χ1n) is 5.60. The zero-order valence-electron chi connectivity index (χ0n) is 9.94. The molecule has 0 atom stereocenters. The summed E-state index contributed by atoms with van der Waals surface area (Å²) in [6.07, 6.45) is 7.43. The van der Waals surface area contributed by atoms with Crippen LogP contribution in [0.25, 0.3) is 0 Å². The summed E-state index contributed by atoms with van der Waals surface area (Å²) in [6.45, 7) is 2.96. The molecule has 0 N–H and O–H groups in total. The largest absolute Gasteiger partial charge is 0.490 e. The third kappa shape index (κ3) is 4.20. The molecule has 1 aromatic carbocycles. The van der Waals surface area contributed by atoms with E-state index in [4.69, 9.17) is 15.9 Å². The highest BCUT2D eigenvalue weighted by molar-refractivity contribution is 5.76. The van der Waals surface area contributed by atoms with Crippen molar-refractivity contribution >= 4 is 6.29 Å². The zero-order chi connectivity index (χ0) is 12.5. The van der Waals surface area contributed by atoms with Gasteiger partial charge in [0, 0.05) is 12.0 Å². The number of carbonyl (C=O) groups is 1. The first-order valence-corrected chi connectivity index (χ1v) is 5.60. The van der Waals surface area contributed by atoms with Gasteiger partial charge in [-0.2, -0.15) is 0 Å². The summed E-state index contributed by atoms with van der Waals surface area (Å²) in [5.74, 6) is 3.80.